The molecule has 0 aliphatic carbocycles. The number of hydrogen-bond acceptors (Lipinski definition) is 3. The molecule has 4 N–H and O–H groups in total. The van der Waals surface area contributed by atoms with Crippen LogP contribution in [0.5, 0.6) is 0 Å². The third kappa shape index (κ3) is 5.90. The molecule has 0 unspecified atom stereocenters. The highest BCUT2D eigenvalue weighted by molar-refractivity contribution is 5.80. The highest BCUT2D eigenvalue weighted by Crippen LogP contribution is 2.41. The molecule has 3 aromatic rings. The summed E-state index contributed by atoms with van der Waals surface area (Å²) < 4.78 is 30.7. The molecule has 0 fully saturated rings. The van der Waals surface area contributed by atoms with Crippen molar-refractivity contribution < 1.29 is 13.9 Å². The van der Waals surface area contributed by atoms with Crippen molar-refractivity contribution in [3.05, 3.63) is 83.7 Å². The highest BCUT2D eigenvalue weighted by atomic mass is 19.1. The molecule has 5 nitrogen and oxygen atoms in total. The second-order valence-corrected chi connectivity index (χ2v) is 9.60. The van der Waals surface area contributed by atoms with E-state index in [1.165, 1.54) is 6.07 Å². The number of aromatic nitrogens is 1. The van der Waals surface area contributed by atoms with Crippen molar-refractivity contribution in [1.82, 2.24) is 9.47 Å². The van der Waals surface area contributed by atoms with Gasteiger partial charge in [-0.3, -0.25) is 5.41 Å². The zero-order chi connectivity index (χ0) is 24.9. The third-order valence-electron chi connectivity index (χ3n) is 5.88. The number of nitrogens with zero attached hydrogens (tertiary/aromatic N) is 2. The fourth-order valence-electron chi connectivity index (χ4n) is 4.38. The molecule has 0 spiro atoms. The maximum Gasteiger partial charge on any atom is 0.131 e. The van der Waals surface area contributed by atoms with Crippen LogP contribution in [0.25, 0.3) is 11.1 Å². The Balaban J connectivity index is 2.20. The van der Waals surface area contributed by atoms with Crippen LogP contribution in [0.15, 0.2) is 60.8 Å². The Morgan fingerprint density at radius 2 is 1.82 bits per heavy atom. The number of nitrogens with two attached hydrogens (primary N) is 1. The lowest BCUT2D eigenvalue weighted by molar-refractivity contribution is 0.149. The SMILES string of the molecule is CC(C)(C)[C@@H](c1cc(-c2cc(F)ccc2F)cn1Cc1ccccc1)N(CCCN)C(=N)CO. The number of aliphatic hydroxyl groups excluding tert-OH is 1. The van der Waals surface area contributed by atoms with E-state index in [0.717, 1.165) is 23.4 Å². The molecule has 34 heavy (non-hydrogen) atoms. The molecule has 1 aromatic heterocycles. The number of rotatable bonds is 9. The predicted octanol–water partition coefficient (Wildman–Crippen LogP) is 5.19. The summed E-state index contributed by atoms with van der Waals surface area (Å²) in [7, 11) is 0. The molecular weight excluding hydrogens is 434 g/mol. The molecule has 0 bridgehead atoms. The van der Waals surface area contributed by atoms with Gasteiger partial charge in [0.05, 0.1) is 6.04 Å². The summed E-state index contributed by atoms with van der Waals surface area (Å²) in [6.07, 6.45) is 2.49. The number of nitrogens with one attached hydrogen (secondary N) is 1. The molecule has 2 aromatic carbocycles. The minimum atomic E-state index is -0.507. The quantitative estimate of drug-likeness (QED) is 0.299. The van der Waals surface area contributed by atoms with Crippen LogP contribution >= 0.6 is 0 Å². The minimum Gasteiger partial charge on any atom is -0.388 e. The van der Waals surface area contributed by atoms with E-state index in [2.05, 4.69) is 20.8 Å². The van der Waals surface area contributed by atoms with Crippen LogP contribution in [-0.2, 0) is 6.54 Å². The summed E-state index contributed by atoms with van der Waals surface area (Å²) in [5.74, 6) is -0.910. The fourth-order valence-corrected chi connectivity index (χ4v) is 4.38. The van der Waals surface area contributed by atoms with Crippen molar-refractivity contribution in [2.45, 2.75) is 39.8 Å². The van der Waals surface area contributed by atoms with Gasteiger partial charge in [-0.25, -0.2) is 8.78 Å². The van der Waals surface area contributed by atoms with Crippen LogP contribution in [0.1, 0.15) is 44.5 Å². The van der Waals surface area contributed by atoms with E-state index < -0.39 is 18.2 Å². The molecule has 0 aliphatic rings. The van der Waals surface area contributed by atoms with Crippen molar-refractivity contribution in [3.63, 3.8) is 0 Å². The van der Waals surface area contributed by atoms with E-state index >= 15 is 0 Å². The van der Waals surface area contributed by atoms with E-state index in [0.29, 0.717) is 31.6 Å². The Morgan fingerprint density at radius 3 is 2.44 bits per heavy atom. The Bertz CT molecular complexity index is 1110. The van der Waals surface area contributed by atoms with Crippen molar-refractivity contribution in [1.29, 1.82) is 5.41 Å². The molecule has 7 heteroatoms. The maximum atomic E-state index is 14.7. The van der Waals surface area contributed by atoms with Crippen molar-refractivity contribution in [2.75, 3.05) is 19.7 Å². The smallest absolute Gasteiger partial charge is 0.131 e. The van der Waals surface area contributed by atoms with Crippen molar-refractivity contribution in [3.8, 4) is 11.1 Å². The number of benzene rings is 2. The lowest BCUT2D eigenvalue weighted by Gasteiger charge is -2.42. The third-order valence-corrected chi connectivity index (χ3v) is 5.88. The summed E-state index contributed by atoms with van der Waals surface area (Å²) in [6.45, 7) is 7.29. The number of halogens is 2. The average molecular weight is 469 g/mol. The molecule has 0 aliphatic heterocycles. The first kappa shape index (κ1) is 25.6. The summed E-state index contributed by atoms with van der Waals surface area (Å²) in [5.41, 5.74) is 8.08. The molecule has 1 heterocycles. The topological polar surface area (TPSA) is 78.3 Å². The average Bonchev–Trinajstić information content (AvgIpc) is 3.19. The van der Waals surface area contributed by atoms with Gasteiger partial charge in [-0.2, -0.15) is 0 Å². The molecule has 0 amide bonds. The van der Waals surface area contributed by atoms with Gasteiger partial charge in [0.25, 0.3) is 0 Å². The van der Waals surface area contributed by atoms with Crippen LogP contribution < -0.4 is 5.73 Å². The number of amidine groups is 1. The predicted molar refractivity (Wildman–Crippen MR) is 133 cm³/mol. The Hall–Kier alpha value is -3.03. The molecular formula is C27H34F2N4O. The van der Waals surface area contributed by atoms with E-state index in [-0.39, 0.29) is 22.9 Å². The van der Waals surface area contributed by atoms with E-state index in [9.17, 15) is 13.9 Å². The van der Waals surface area contributed by atoms with Gasteiger partial charge in [0.1, 0.15) is 24.1 Å². The summed E-state index contributed by atoms with van der Waals surface area (Å²) >= 11 is 0. The van der Waals surface area contributed by atoms with Crippen LogP contribution in [0.2, 0.25) is 0 Å². The molecule has 0 saturated heterocycles. The second-order valence-electron chi connectivity index (χ2n) is 9.60. The van der Waals surface area contributed by atoms with Crippen LogP contribution in [0.4, 0.5) is 8.78 Å². The van der Waals surface area contributed by atoms with Crippen LogP contribution in [0, 0.1) is 22.5 Å². The van der Waals surface area contributed by atoms with Crippen LogP contribution in [0.3, 0.4) is 0 Å². The van der Waals surface area contributed by atoms with Gasteiger partial charge in [0.2, 0.25) is 0 Å². The molecule has 182 valence electrons. The monoisotopic (exact) mass is 468 g/mol. The van der Waals surface area contributed by atoms with Crippen molar-refractivity contribution in [2.24, 2.45) is 11.1 Å². The second kappa shape index (κ2) is 10.9. The van der Waals surface area contributed by atoms with Gasteiger partial charge in [0, 0.05) is 36.1 Å². The molecule has 0 saturated carbocycles. The van der Waals surface area contributed by atoms with Crippen molar-refractivity contribution >= 4 is 5.84 Å². The molecule has 3 rings (SSSR count). The normalized spacial score (nSPS) is 12.6. The Labute approximate surface area is 200 Å². The van der Waals surface area contributed by atoms with Gasteiger partial charge in [-0.05, 0) is 48.2 Å². The lowest BCUT2D eigenvalue weighted by Crippen LogP contribution is -2.44. The lowest BCUT2D eigenvalue weighted by atomic mass is 9.82. The van der Waals surface area contributed by atoms with Gasteiger partial charge in [0.15, 0.2) is 0 Å². The highest BCUT2D eigenvalue weighted by Gasteiger charge is 2.35. The van der Waals surface area contributed by atoms with Gasteiger partial charge in [-0.1, -0.05) is 51.1 Å². The van der Waals surface area contributed by atoms with Crippen LogP contribution in [-0.4, -0.2) is 40.1 Å². The largest absolute Gasteiger partial charge is 0.388 e. The van der Waals surface area contributed by atoms with Gasteiger partial charge in [-0.15, -0.1) is 0 Å². The summed E-state index contributed by atoms with van der Waals surface area (Å²) in [4.78, 5) is 1.87. The fraction of sp³-hybridized carbons (Fsp3) is 0.370. The Kier molecular flexibility index (Phi) is 8.23. The van der Waals surface area contributed by atoms with E-state index in [1.807, 2.05) is 52.1 Å². The number of hydrogen-bond donors (Lipinski definition) is 3. The molecule has 0 radical (unpaired) electrons. The first-order chi connectivity index (χ1) is 16.2. The van der Waals surface area contributed by atoms with Gasteiger partial charge >= 0.3 is 0 Å². The van der Waals surface area contributed by atoms with Gasteiger partial charge < -0.3 is 20.3 Å². The summed E-state index contributed by atoms with van der Waals surface area (Å²) in [5, 5.41) is 18.3. The summed E-state index contributed by atoms with van der Waals surface area (Å²) in [6, 6.07) is 14.9. The zero-order valence-corrected chi connectivity index (χ0v) is 20.1. The number of aliphatic hydroxyl groups is 1. The molecule has 1 atom stereocenters. The first-order valence-electron chi connectivity index (χ1n) is 11.5. The zero-order valence-electron chi connectivity index (χ0n) is 20.1. The van der Waals surface area contributed by atoms with E-state index in [1.54, 1.807) is 0 Å². The first-order valence-corrected chi connectivity index (χ1v) is 11.5. The maximum absolute atomic E-state index is 14.7. The minimum absolute atomic E-state index is 0.0966. The van der Waals surface area contributed by atoms with E-state index in [4.69, 9.17) is 11.1 Å². The standard InChI is InChI=1S/C27H34F2N4O/c1-27(2,3)26(33(13-7-12-30)25(31)18-34)24-14-20(22-15-21(28)10-11-23(22)29)17-32(24)16-19-8-5-4-6-9-19/h4-6,8-11,14-15,17,26,31,34H,7,12-13,16,18,30H2,1-3H3/t26-/m1/s1. The Morgan fingerprint density at radius 1 is 1.12 bits per heavy atom.